The van der Waals surface area contributed by atoms with Crippen LogP contribution in [0.4, 0.5) is 5.69 Å². The Morgan fingerprint density at radius 1 is 1.67 bits per heavy atom. The lowest BCUT2D eigenvalue weighted by Gasteiger charge is -2.19. The van der Waals surface area contributed by atoms with Crippen LogP contribution in [0.25, 0.3) is 0 Å². The number of aryl methyl sites for hydroxylation is 1. The van der Waals surface area contributed by atoms with E-state index in [1.54, 1.807) is 0 Å². The molecule has 4 heteroatoms. The Bertz CT molecular complexity index is 314. The first kappa shape index (κ1) is 7.68. The third-order valence-corrected chi connectivity index (χ3v) is 1.99. The number of anilines is 1. The average Bonchev–Trinajstić information content (AvgIpc) is 2.04. The van der Waals surface area contributed by atoms with Crippen LogP contribution < -0.4 is 10.1 Å². The molecule has 2 rings (SSSR count). The maximum Gasteiger partial charge on any atom is 0.239 e. The van der Waals surface area contributed by atoms with E-state index in [2.05, 4.69) is 10.3 Å². The molecule has 1 N–H and O–H groups in total. The van der Waals surface area contributed by atoms with E-state index in [0.29, 0.717) is 17.6 Å². The van der Waals surface area contributed by atoms with E-state index >= 15 is 0 Å². The third kappa shape index (κ3) is 1.20. The van der Waals surface area contributed by atoms with Crippen LogP contribution in [-0.2, 0) is 0 Å². The number of ether oxygens (including phenoxy) is 1. The lowest BCUT2D eigenvalue weighted by Crippen LogP contribution is -2.19. The van der Waals surface area contributed by atoms with Crippen molar-refractivity contribution in [1.29, 1.82) is 0 Å². The van der Waals surface area contributed by atoms with E-state index in [1.165, 1.54) is 0 Å². The number of nitrogens with one attached hydrogen (secondary N) is 1. The third-order valence-electron chi connectivity index (χ3n) is 1.79. The van der Waals surface area contributed by atoms with E-state index in [1.807, 2.05) is 13.0 Å². The van der Waals surface area contributed by atoms with Crippen molar-refractivity contribution in [2.24, 2.45) is 0 Å². The summed E-state index contributed by atoms with van der Waals surface area (Å²) in [4.78, 5) is 4.06. The van der Waals surface area contributed by atoms with Crippen molar-refractivity contribution in [1.82, 2.24) is 4.98 Å². The topological polar surface area (TPSA) is 34.2 Å². The van der Waals surface area contributed by atoms with Crippen LogP contribution in [0, 0.1) is 6.92 Å². The van der Waals surface area contributed by atoms with Gasteiger partial charge in [-0.05, 0) is 18.6 Å². The van der Waals surface area contributed by atoms with Gasteiger partial charge in [0.2, 0.25) is 5.88 Å². The van der Waals surface area contributed by atoms with E-state index in [4.69, 9.17) is 16.3 Å². The molecule has 1 aromatic rings. The van der Waals surface area contributed by atoms with E-state index in [9.17, 15) is 0 Å². The highest BCUT2D eigenvalue weighted by molar-refractivity contribution is 6.29. The van der Waals surface area contributed by atoms with Gasteiger partial charge in [-0.15, -0.1) is 0 Å². The highest BCUT2D eigenvalue weighted by atomic mass is 35.5. The van der Waals surface area contributed by atoms with Crippen LogP contribution in [0.15, 0.2) is 6.07 Å². The molecule has 0 unspecified atom stereocenters. The van der Waals surface area contributed by atoms with Crippen LogP contribution in [-0.4, -0.2) is 18.1 Å². The standard InChI is InChI=1S/C8H9ClN2O/c1-5-4-6(9)11-8-7(5)10-2-3-12-8/h4,10H,2-3H2,1H3. The molecule has 0 radical (unpaired) electrons. The molecule has 1 aromatic heterocycles. The maximum atomic E-state index is 5.76. The molecule has 0 spiro atoms. The Labute approximate surface area is 75.7 Å². The van der Waals surface area contributed by atoms with Gasteiger partial charge in [0.05, 0.1) is 0 Å². The highest BCUT2D eigenvalue weighted by Gasteiger charge is 2.13. The van der Waals surface area contributed by atoms with Crippen LogP contribution >= 0.6 is 11.6 Å². The summed E-state index contributed by atoms with van der Waals surface area (Å²) in [5, 5.41) is 3.69. The summed E-state index contributed by atoms with van der Waals surface area (Å²) in [6.45, 7) is 3.46. The van der Waals surface area contributed by atoms with Gasteiger partial charge in [-0.2, -0.15) is 4.98 Å². The molecule has 0 aliphatic carbocycles. The Morgan fingerprint density at radius 3 is 3.33 bits per heavy atom. The van der Waals surface area contributed by atoms with Gasteiger partial charge in [0, 0.05) is 6.54 Å². The lowest BCUT2D eigenvalue weighted by molar-refractivity contribution is 0.310. The Kier molecular flexibility index (Phi) is 1.81. The molecule has 0 atom stereocenters. The van der Waals surface area contributed by atoms with Gasteiger partial charge in [-0.1, -0.05) is 11.6 Å². The predicted molar refractivity (Wildman–Crippen MR) is 48.0 cm³/mol. The SMILES string of the molecule is Cc1cc(Cl)nc2c1NCCO2. The number of halogens is 1. The maximum absolute atomic E-state index is 5.76. The fraction of sp³-hybridized carbons (Fsp3) is 0.375. The smallest absolute Gasteiger partial charge is 0.239 e. The van der Waals surface area contributed by atoms with Gasteiger partial charge >= 0.3 is 0 Å². The number of pyridine rings is 1. The van der Waals surface area contributed by atoms with Gasteiger partial charge in [0.15, 0.2) is 0 Å². The summed E-state index contributed by atoms with van der Waals surface area (Å²) in [5.74, 6) is 0.617. The first-order valence-corrected chi connectivity index (χ1v) is 4.19. The second-order valence-corrected chi connectivity index (χ2v) is 3.10. The number of hydrogen-bond acceptors (Lipinski definition) is 3. The molecule has 3 nitrogen and oxygen atoms in total. The minimum atomic E-state index is 0.481. The average molecular weight is 185 g/mol. The number of aromatic nitrogens is 1. The van der Waals surface area contributed by atoms with Crippen molar-refractivity contribution in [3.63, 3.8) is 0 Å². The summed E-state index contributed by atoms with van der Waals surface area (Å²) in [5.41, 5.74) is 2.04. The minimum Gasteiger partial charge on any atom is -0.474 e. The van der Waals surface area contributed by atoms with Crippen molar-refractivity contribution >= 4 is 17.3 Å². The monoisotopic (exact) mass is 184 g/mol. The van der Waals surface area contributed by atoms with E-state index in [-0.39, 0.29) is 0 Å². The van der Waals surface area contributed by atoms with Crippen molar-refractivity contribution in [3.8, 4) is 5.88 Å². The first-order chi connectivity index (χ1) is 5.77. The van der Waals surface area contributed by atoms with Crippen molar-refractivity contribution in [2.75, 3.05) is 18.5 Å². The highest BCUT2D eigenvalue weighted by Crippen LogP contribution is 2.30. The number of rotatable bonds is 0. The fourth-order valence-electron chi connectivity index (χ4n) is 1.25. The largest absolute Gasteiger partial charge is 0.474 e. The molecule has 0 aromatic carbocycles. The molecule has 12 heavy (non-hydrogen) atoms. The molecule has 0 fully saturated rings. The zero-order chi connectivity index (χ0) is 8.55. The quantitative estimate of drug-likeness (QED) is 0.625. The number of nitrogens with zero attached hydrogens (tertiary/aromatic N) is 1. The van der Waals surface area contributed by atoms with E-state index in [0.717, 1.165) is 17.8 Å². The second kappa shape index (κ2) is 2.83. The molecule has 0 saturated carbocycles. The van der Waals surface area contributed by atoms with Crippen LogP contribution in [0.1, 0.15) is 5.56 Å². The minimum absolute atomic E-state index is 0.481. The van der Waals surface area contributed by atoms with Crippen molar-refractivity contribution in [2.45, 2.75) is 6.92 Å². The first-order valence-electron chi connectivity index (χ1n) is 3.81. The van der Waals surface area contributed by atoms with Gasteiger partial charge in [-0.25, -0.2) is 0 Å². The Morgan fingerprint density at radius 2 is 2.50 bits per heavy atom. The molecule has 0 saturated heterocycles. The van der Waals surface area contributed by atoms with Crippen molar-refractivity contribution < 1.29 is 4.74 Å². The molecule has 1 aliphatic heterocycles. The molecular formula is C8H9ClN2O. The summed E-state index contributed by atoms with van der Waals surface area (Å²) >= 11 is 5.76. The fourth-order valence-corrected chi connectivity index (χ4v) is 1.49. The normalized spacial score (nSPS) is 14.5. The summed E-state index contributed by atoms with van der Waals surface area (Å²) in [6, 6.07) is 1.82. The van der Waals surface area contributed by atoms with Gasteiger partial charge in [0.1, 0.15) is 17.4 Å². The van der Waals surface area contributed by atoms with E-state index < -0.39 is 0 Å². The lowest BCUT2D eigenvalue weighted by atomic mass is 10.2. The zero-order valence-electron chi connectivity index (χ0n) is 6.72. The summed E-state index contributed by atoms with van der Waals surface area (Å²) < 4.78 is 5.33. The van der Waals surface area contributed by atoms with Crippen LogP contribution in [0.2, 0.25) is 5.15 Å². The van der Waals surface area contributed by atoms with Gasteiger partial charge < -0.3 is 10.1 Å². The predicted octanol–water partition coefficient (Wildman–Crippen LogP) is 1.85. The zero-order valence-corrected chi connectivity index (χ0v) is 7.48. The molecule has 1 aliphatic rings. The van der Waals surface area contributed by atoms with Gasteiger partial charge in [-0.3, -0.25) is 0 Å². The van der Waals surface area contributed by atoms with Crippen LogP contribution in [0.5, 0.6) is 5.88 Å². The molecule has 2 heterocycles. The molecular weight excluding hydrogens is 176 g/mol. The molecule has 0 bridgehead atoms. The van der Waals surface area contributed by atoms with Gasteiger partial charge in [0.25, 0.3) is 0 Å². The Balaban J connectivity index is 2.53. The molecule has 64 valence electrons. The summed E-state index contributed by atoms with van der Waals surface area (Å²) in [7, 11) is 0. The second-order valence-electron chi connectivity index (χ2n) is 2.72. The van der Waals surface area contributed by atoms with Crippen LogP contribution in [0.3, 0.4) is 0 Å². The number of hydrogen-bond donors (Lipinski definition) is 1. The Hall–Kier alpha value is -0.960. The number of fused-ring (bicyclic) bond motifs is 1. The van der Waals surface area contributed by atoms with Crippen molar-refractivity contribution in [3.05, 3.63) is 16.8 Å². The molecule has 0 amide bonds. The summed E-state index contributed by atoms with van der Waals surface area (Å²) in [6.07, 6.45) is 0.